The topological polar surface area (TPSA) is 57.9 Å². The first-order chi connectivity index (χ1) is 5.45. The molecule has 0 radical (unpaired) electrons. The van der Waals surface area contributed by atoms with Crippen LogP contribution >= 0.6 is 22.0 Å². The van der Waals surface area contributed by atoms with Gasteiger partial charge in [-0.3, -0.25) is 0 Å². The average molecular weight is 222 g/mol. The molecule has 0 aliphatic rings. The zero-order valence-electron chi connectivity index (χ0n) is 6.04. The molecule has 0 amide bonds. The molecule has 0 aliphatic heterocycles. The smallest absolute Gasteiger partial charge is 0.206 e. The lowest BCUT2D eigenvalue weighted by Gasteiger charge is -1.89. The Bertz CT molecular complexity index is 441. The van der Waals surface area contributed by atoms with E-state index in [9.17, 15) is 8.42 Å². The number of halogens is 1. The SMILES string of the molecule is Cc1cc(C#N)sc1S(=O)(=O)Cl. The van der Waals surface area contributed by atoms with Crippen LogP contribution < -0.4 is 0 Å². The minimum absolute atomic E-state index is 0.0562. The molecule has 64 valence electrons. The van der Waals surface area contributed by atoms with Crippen molar-refractivity contribution in [3.63, 3.8) is 0 Å². The van der Waals surface area contributed by atoms with Crippen molar-refractivity contribution in [3.05, 3.63) is 16.5 Å². The van der Waals surface area contributed by atoms with Gasteiger partial charge in [-0.25, -0.2) is 8.42 Å². The molecule has 1 aromatic heterocycles. The second kappa shape index (κ2) is 3.05. The third-order valence-corrected chi connectivity index (χ3v) is 4.55. The molecular formula is C6H4ClNO2S2. The van der Waals surface area contributed by atoms with Crippen molar-refractivity contribution in [2.24, 2.45) is 0 Å². The summed E-state index contributed by atoms with van der Waals surface area (Å²) in [6.45, 7) is 1.60. The summed E-state index contributed by atoms with van der Waals surface area (Å²) in [6, 6.07) is 3.36. The number of thiophene rings is 1. The molecule has 0 saturated heterocycles. The largest absolute Gasteiger partial charge is 0.271 e. The summed E-state index contributed by atoms with van der Waals surface area (Å²) in [6.07, 6.45) is 0. The van der Waals surface area contributed by atoms with E-state index in [4.69, 9.17) is 15.9 Å². The highest BCUT2D eigenvalue weighted by Crippen LogP contribution is 2.28. The normalized spacial score (nSPS) is 11.1. The molecule has 12 heavy (non-hydrogen) atoms. The fraction of sp³-hybridized carbons (Fsp3) is 0.167. The molecule has 0 aliphatic carbocycles. The zero-order chi connectivity index (χ0) is 9.35. The van der Waals surface area contributed by atoms with Crippen LogP contribution in [0.5, 0.6) is 0 Å². The summed E-state index contributed by atoms with van der Waals surface area (Å²) in [7, 11) is 1.42. The molecule has 0 N–H and O–H groups in total. The minimum Gasteiger partial charge on any atom is -0.206 e. The quantitative estimate of drug-likeness (QED) is 0.680. The van der Waals surface area contributed by atoms with Crippen LogP contribution in [0.15, 0.2) is 10.3 Å². The van der Waals surface area contributed by atoms with Crippen LogP contribution in [0.25, 0.3) is 0 Å². The standard InChI is InChI=1S/C6H4ClNO2S2/c1-4-2-5(3-8)11-6(4)12(7,9)10/h2H,1H3. The highest BCUT2D eigenvalue weighted by atomic mass is 35.7. The molecular weight excluding hydrogens is 218 g/mol. The Morgan fingerprint density at radius 1 is 1.67 bits per heavy atom. The summed E-state index contributed by atoms with van der Waals surface area (Å²) in [5, 5.41) is 8.46. The molecule has 1 heterocycles. The number of rotatable bonds is 1. The Kier molecular flexibility index (Phi) is 2.42. The van der Waals surface area contributed by atoms with Gasteiger partial charge in [-0.1, -0.05) is 0 Å². The maximum atomic E-state index is 10.8. The first-order valence-electron chi connectivity index (χ1n) is 2.90. The molecule has 0 saturated carbocycles. The van der Waals surface area contributed by atoms with Gasteiger partial charge in [0, 0.05) is 10.7 Å². The van der Waals surface area contributed by atoms with E-state index in [1.165, 1.54) is 6.07 Å². The molecule has 0 unspecified atom stereocenters. The lowest BCUT2D eigenvalue weighted by atomic mass is 10.3. The summed E-state index contributed by atoms with van der Waals surface area (Å²) in [5.74, 6) is 0. The molecule has 0 spiro atoms. The van der Waals surface area contributed by atoms with Crippen molar-refractivity contribution in [1.82, 2.24) is 0 Å². The van der Waals surface area contributed by atoms with Gasteiger partial charge in [0.05, 0.1) is 0 Å². The van der Waals surface area contributed by atoms with Crippen molar-refractivity contribution >= 4 is 31.1 Å². The lowest BCUT2D eigenvalue weighted by molar-refractivity contribution is 0.611. The number of hydrogen-bond acceptors (Lipinski definition) is 4. The molecule has 1 rings (SSSR count). The Morgan fingerprint density at radius 2 is 2.25 bits per heavy atom. The maximum absolute atomic E-state index is 10.8. The van der Waals surface area contributed by atoms with Crippen LogP contribution in [-0.2, 0) is 9.05 Å². The zero-order valence-corrected chi connectivity index (χ0v) is 8.42. The van der Waals surface area contributed by atoms with Crippen LogP contribution in [0.3, 0.4) is 0 Å². The summed E-state index contributed by atoms with van der Waals surface area (Å²) < 4.78 is 21.8. The molecule has 0 bridgehead atoms. The lowest BCUT2D eigenvalue weighted by Crippen LogP contribution is -1.87. The third-order valence-electron chi connectivity index (χ3n) is 1.20. The molecule has 0 aromatic carbocycles. The summed E-state index contributed by atoms with van der Waals surface area (Å²) >= 11 is 0.885. The van der Waals surface area contributed by atoms with Crippen LogP contribution in [-0.4, -0.2) is 8.42 Å². The number of hydrogen-bond donors (Lipinski definition) is 0. The van der Waals surface area contributed by atoms with E-state index < -0.39 is 9.05 Å². The van der Waals surface area contributed by atoms with Crippen molar-refractivity contribution < 1.29 is 8.42 Å². The van der Waals surface area contributed by atoms with Crippen LogP contribution in [0.1, 0.15) is 10.4 Å². The first-order valence-corrected chi connectivity index (χ1v) is 6.03. The van der Waals surface area contributed by atoms with Gasteiger partial charge in [0.25, 0.3) is 9.05 Å². The fourth-order valence-corrected chi connectivity index (χ4v) is 3.22. The highest BCUT2D eigenvalue weighted by Gasteiger charge is 2.17. The maximum Gasteiger partial charge on any atom is 0.271 e. The van der Waals surface area contributed by atoms with E-state index in [2.05, 4.69) is 0 Å². The van der Waals surface area contributed by atoms with Crippen molar-refractivity contribution in [2.75, 3.05) is 0 Å². The number of nitriles is 1. The molecule has 0 fully saturated rings. The Morgan fingerprint density at radius 3 is 2.50 bits per heavy atom. The van der Waals surface area contributed by atoms with Gasteiger partial charge in [-0.05, 0) is 18.6 Å². The Hall–Kier alpha value is -0.570. The second-order valence-corrected chi connectivity index (χ2v) is 5.94. The first kappa shape index (κ1) is 9.52. The molecule has 0 atom stereocenters. The van der Waals surface area contributed by atoms with Gasteiger partial charge < -0.3 is 0 Å². The van der Waals surface area contributed by atoms with Gasteiger partial charge in [0.1, 0.15) is 15.2 Å². The van der Waals surface area contributed by atoms with Gasteiger partial charge in [-0.15, -0.1) is 11.3 Å². The molecule has 1 aromatic rings. The van der Waals surface area contributed by atoms with Crippen molar-refractivity contribution in [1.29, 1.82) is 5.26 Å². The van der Waals surface area contributed by atoms with Gasteiger partial charge in [-0.2, -0.15) is 5.26 Å². The predicted octanol–water partition coefficient (Wildman–Crippen LogP) is 1.86. The van der Waals surface area contributed by atoms with E-state index in [1.807, 2.05) is 6.07 Å². The summed E-state index contributed by atoms with van der Waals surface area (Å²) in [4.78, 5) is 0.353. The van der Waals surface area contributed by atoms with E-state index in [-0.39, 0.29) is 4.21 Å². The van der Waals surface area contributed by atoms with Gasteiger partial charge in [0.2, 0.25) is 0 Å². The highest BCUT2D eigenvalue weighted by molar-refractivity contribution is 8.15. The second-order valence-electron chi connectivity index (χ2n) is 2.13. The predicted molar refractivity (Wildman–Crippen MR) is 46.8 cm³/mol. The van der Waals surface area contributed by atoms with Crippen molar-refractivity contribution in [3.8, 4) is 6.07 Å². The van der Waals surface area contributed by atoms with Crippen LogP contribution in [0.2, 0.25) is 0 Å². The fourth-order valence-electron chi connectivity index (χ4n) is 0.763. The Labute approximate surface area is 78.6 Å². The minimum atomic E-state index is -3.68. The molecule has 6 heteroatoms. The van der Waals surface area contributed by atoms with E-state index in [1.54, 1.807) is 6.92 Å². The average Bonchev–Trinajstić information content (AvgIpc) is 2.29. The van der Waals surface area contributed by atoms with Crippen molar-refractivity contribution in [2.45, 2.75) is 11.1 Å². The van der Waals surface area contributed by atoms with Gasteiger partial charge >= 0.3 is 0 Å². The number of aryl methyl sites for hydroxylation is 1. The third kappa shape index (κ3) is 1.78. The number of nitrogens with zero attached hydrogens (tertiary/aromatic N) is 1. The van der Waals surface area contributed by atoms with E-state index in [0.29, 0.717) is 10.4 Å². The Balaban J connectivity index is 3.39. The monoisotopic (exact) mass is 221 g/mol. The van der Waals surface area contributed by atoms with Crippen LogP contribution in [0.4, 0.5) is 0 Å². The summed E-state index contributed by atoms with van der Waals surface area (Å²) in [5.41, 5.74) is 0.520. The van der Waals surface area contributed by atoms with E-state index >= 15 is 0 Å². The van der Waals surface area contributed by atoms with Gasteiger partial charge in [0.15, 0.2) is 0 Å². The van der Waals surface area contributed by atoms with Crippen LogP contribution in [0, 0.1) is 18.3 Å². The molecule has 3 nitrogen and oxygen atoms in total. The van der Waals surface area contributed by atoms with E-state index in [0.717, 1.165) is 11.3 Å².